The molecule has 15 nitrogen and oxygen atoms in total. The number of amides is 6. The first-order chi connectivity index (χ1) is 15.6. The number of aliphatic carboxylic acids is 1. The van der Waals surface area contributed by atoms with Crippen LogP contribution in [0.25, 0.3) is 0 Å². The number of carboxylic acid groups (broad SMARTS) is 1. The maximum atomic E-state index is 12.8. The number of nitrogens with two attached hydrogens (primary N) is 4. The summed E-state index contributed by atoms with van der Waals surface area (Å²) in [6.45, 7) is 3.11. The Hall–Kier alpha value is -3.75. The Balaban J connectivity index is 5.64. The molecular weight excluding hydrogens is 454 g/mol. The molecule has 0 heterocycles. The summed E-state index contributed by atoms with van der Waals surface area (Å²) in [7, 11) is 0. The van der Waals surface area contributed by atoms with E-state index in [-0.39, 0.29) is 25.7 Å². The molecule has 0 bridgehead atoms. The molecule has 12 N–H and O–H groups in total. The van der Waals surface area contributed by atoms with Gasteiger partial charge in [-0.2, -0.15) is 0 Å². The largest absolute Gasteiger partial charge is 0.480 e. The van der Waals surface area contributed by atoms with Gasteiger partial charge in [-0.1, -0.05) is 13.8 Å². The van der Waals surface area contributed by atoms with Gasteiger partial charge in [-0.05, 0) is 18.8 Å². The van der Waals surface area contributed by atoms with Crippen LogP contribution in [-0.2, 0) is 33.6 Å². The zero-order valence-corrected chi connectivity index (χ0v) is 19.0. The predicted molar refractivity (Wildman–Crippen MR) is 117 cm³/mol. The monoisotopic (exact) mass is 487 g/mol. The number of nitrogens with one attached hydrogen (secondary N) is 3. The lowest BCUT2D eigenvalue weighted by Crippen LogP contribution is -2.58. The van der Waals surface area contributed by atoms with Crippen LogP contribution >= 0.6 is 0 Å². The molecule has 0 aliphatic carbocycles. The van der Waals surface area contributed by atoms with Crippen molar-refractivity contribution in [2.24, 2.45) is 28.9 Å². The highest BCUT2D eigenvalue weighted by Crippen LogP contribution is 2.06. The standard InChI is InChI=1S/C19H33N7O8/c1-8(2)15(19(33)34)26-18(32)11(4-6-13(22)28)25-17(31)10(3-5-12(21)27)24-16(30)9(20)7-14(23)29/h8-11,15H,3-7,20H2,1-2H3,(H2,21,27)(H2,22,28)(H2,23,29)(H,24,30)(H,25,31)(H,26,32)(H,33,34). The van der Waals surface area contributed by atoms with Crippen LogP contribution in [0.5, 0.6) is 0 Å². The normalized spacial score (nSPS) is 14.2. The summed E-state index contributed by atoms with van der Waals surface area (Å²) in [5.41, 5.74) is 20.8. The summed E-state index contributed by atoms with van der Waals surface area (Å²) >= 11 is 0. The van der Waals surface area contributed by atoms with Gasteiger partial charge in [0.2, 0.25) is 35.4 Å². The van der Waals surface area contributed by atoms with Crippen LogP contribution in [0.1, 0.15) is 46.0 Å². The molecule has 0 aliphatic rings. The van der Waals surface area contributed by atoms with Gasteiger partial charge in [0.05, 0.1) is 12.5 Å². The second-order valence-corrected chi connectivity index (χ2v) is 7.98. The van der Waals surface area contributed by atoms with E-state index in [1.54, 1.807) is 13.8 Å². The molecule has 6 amide bonds. The lowest BCUT2D eigenvalue weighted by atomic mass is 10.0. The smallest absolute Gasteiger partial charge is 0.326 e. The van der Waals surface area contributed by atoms with Crippen LogP contribution in [0, 0.1) is 5.92 Å². The molecule has 0 saturated heterocycles. The fraction of sp³-hybridized carbons (Fsp3) is 0.632. The minimum atomic E-state index is -1.40. The molecule has 0 aromatic carbocycles. The molecule has 0 saturated carbocycles. The number of rotatable bonds is 16. The summed E-state index contributed by atoms with van der Waals surface area (Å²) in [6.07, 6.45) is -1.69. The number of hydrogen-bond donors (Lipinski definition) is 8. The number of primary amides is 3. The second kappa shape index (κ2) is 14.4. The summed E-state index contributed by atoms with van der Waals surface area (Å²) in [6, 6.07) is -5.45. The fourth-order valence-corrected chi connectivity index (χ4v) is 2.74. The molecule has 34 heavy (non-hydrogen) atoms. The minimum Gasteiger partial charge on any atom is -0.480 e. The van der Waals surface area contributed by atoms with E-state index in [9.17, 15) is 38.7 Å². The van der Waals surface area contributed by atoms with Gasteiger partial charge in [0.15, 0.2) is 0 Å². The summed E-state index contributed by atoms with van der Waals surface area (Å²) in [5.74, 6) is -6.99. The van der Waals surface area contributed by atoms with Gasteiger partial charge in [-0.3, -0.25) is 28.8 Å². The van der Waals surface area contributed by atoms with E-state index in [2.05, 4.69) is 16.0 Å². The van der Waals surface area contributed by atoms with E-state index in [0.29, 0.717) is 0 Å². The summed E-state index contributed by atoms with van der Waals surface area (Å²) < 4.78 is 0. The average Bonchev–Trinajstić information content (AvgIpc) is 2.70. The van der Waals surface area contributed by atoms with E-state index >= 15 is 0 Å². The lowest BCUT2D eigenvalue weighted by molar-refractivity contribution is -0.143. The number of carboxylic acids is 1. The van der Waals surface area contributed by atoms with E-state index in [1.807, 2.05) is 0 Å². The Labute approximate surface area is 195 Å². The molecule has 4 atom stereocenters. The van der Waals surface area contributed by atoms with Crippen LogP contribution in [-0.4, -0.2) is 70.7 Å². The molecule has 0 spiro atoms. The third kappa shape index (κ3) is 11.8. The third-order valence-corrected chi connectivity index (χ3v) is 4.61. The summed E-state index contributed by atoms with van der Waals surface area (Å²) in [5, 5.41) is 16.1. The van der Waals surface area contributed by atoms with Crippen molar-refractivity contribution < 1.29 is 38.7 Å². The van der Waals surface area contributed by atoms with Crippen molar-refractivity contribution in [2.45, 2.75) is 70.1 Å². The molecule has 0 rings (SSSR count). The maximum absolute atomic E-state index is 12.8. The van der Waals surface area contributed by atoms with Gasteiger partial charge < -0.3 is 44.0 Å². The predicted octanol–water partition coefficient (Wildman–Crippen LogP) is -4.08. The molecule has 0 aliphatic heterocycles. The first-order valence-electron chi connectivity index (χ1n) is 10.4. The molecule has 0 aromatic rings. The molecule has 15 heteroatoms. The average molecular weight is 488 g/mol. The fourth-order valence-electron chi connectivity index (χ4n) is 2.74. The maximum Gasteiger partial charge on any atom is 0.326 e. The van der Waals surface area contributed by atoms with Crippen molar-refractivity contribution in [3.05, 3.63) is 0 Å². The first-order valence-corrected chi connectivity index (χ1v) is 10.4. The SMILES string of the molecule is CC(C)C(NC(=O)C(CCC(N)=O)NC(=O)C(CCC(N)=O)NC(=O)C(N)CC(N)=O)C(=O)O. The number of hydrogen-bond acceptors (Lipinski definition) is 8. The van der Waals surface area contributed by atoms with Gasteiger partial charge in [-0.25, -0.2) is 4.79 Å². The van der Waals surface area contributed by atoms with Crippen molar-refractivity contribution in [1.29, 1.82) is 0 Å². The van der Waals surface area contributed by atoms with Crippen LogP contribution in [0.4, 0.5) is 0 Å². The molecule has 192 valence electrons. The van der Waals surface area contributed by atoms with Crippen molar-refractivity contribution in [3.8, 4) is 0 Å². The quantitative estimate of drug-likeness (QED) is 0.105. The van der Waals surface area contributed by atoms with E-state index < -0.39 is 77.9 Å². The Bertz CT molecular complexity index is 802. The molecular formula is C19H33N7O8. The van der Waals surface area contributed by atoms with Crippen molar-refractivity contribution in [1.82, 2.24) is 16.0 Å². The van der Waals surface area contributed by atoms with Crippen molar-refractivity contribution >= 4 is 41.4 Å². The van der Waals surface area contributed by atoms with Crippen LogP contribution in [0.2, 0.25) is 0 Å². The Morgan fingerprint density at radius 2 is 1.12 bits per heavy atom. The highest BCUT2D eigenvalue weighted by Gasteiger charge is 2.31. The zero-order valence-electron chi connectivity index (χ0n) is 19.0. The van der Waals surface area contributed by atoms with E-state index in [1.165, 1.54) is 0 Å². The minimum absolute atomic E-state index is 0.269. The van der Waals surface area contributed by atoms with Gasteiger partial charge in [0.1, 0.15) is 18.1 Å². The molecule has 0 fully saturated rings. The Morgan fingerprint density at radius 3 is 1.47 bits per heavy atom. The molecule has 0 aromatic heterocycles. The zero-order chi connectivity index (χ0) is 26.6. The van der Waals surface area contributed by atoms with Crippen LogP contribution in [0.15, 0.2) is 0 Å². The molecule has 0 radical (unpaired) electrons. The highest BCUT2D eigenvalue weighted by molar-refractivity contribution is 5.95. The first kappa shape index (κ1) is 30.2. The van der Waals surface area contributed by atoms with Gasteiger partial charge in [-0.15, -0.1) is 0 Å². The van der Waals surface area contributed by atoms with E-state index in [0.717, 1.165) is 0 Å². The van der Waals surface area contributed by atoms with Gasteiger partial charge >= 0.3 is 5.97 Å². The Kier molecular flexibility index (Phi) is 12.8. The second-order valence-electron chi connectivity index (χ2n) is 7.98. The topological polar surface area (TPSA) is 280 Å². The van der Waals surface area contributed by atoms with Crippen LogP contribution < -0.4 is 38.9 Å². The number of carbonyl (C=O) groups excluding carboxylic acids is 6. The van der Waals surface area contributed by atoms with Crippen LogP contribution in [0.3, 0.4) is 0 Å². The lowest BCUT2D eigenvalue weighted by Gasteiger charge is -2.25. The summed E-state index contributed by atoms with van der Waals surface area (Å²) in [4.78, 5) is 82.5. The van der Waals surface area contributed by atoms with Gasteiger partial charge in [0.25, 0.3) is 0 Å². The number of carbonyl (C=O) groups is 7. The van der Waals surface area contributed by atoms with Gasteiger partial charge in [0, 0.05) is 12.8 Å². The molecule has 4 unspecified atom stereocenters. The highest BCUT2D eigenvalue weighted by atomic mass is 16.4. The van der Waals surface area contributed by atoms with Crippen molar-refractivity contribution in [2.75, 3.05) is 0 Å². The Morgan fingerprint density at radius 1 is 0.706 bits per heavy atom. The van der Waals surface area contributed by atoms with Crippen molar-refractivity contribution in [3.63, 3.8) is 0 Å². The third-order valence-electron chi connectivity index (χ3n) is 4.61. The van der Waals surface area contributed by atoms with E-state index in [4.69, 9.17) is 22.9 Å².